The lowest BCUT2D eigenvalue weighted by molar-refractivity contribution is -0.150. The maximum atomic E-state index is 13.8. The van der Waals surface area contributed by atoms with Crippen LogP contribution in [0.4, 0.5) is 5.69 Å². The van der Waals surface area contributed by atoms with E-state index in [1.807, 2.05) is 103 Å². The van der Waals surface area contributed by atoms with Crippen molar-refractivity contribution in [2.45, 2.75) is 50.7 Å². The second-order valence-corrected chi connectivity index (χ2v) is 12.8. The van der Waals surface area contributed by atoms with Gasteiger partial charge in [-0.1, -0.05) is 97.1 Å². The van der Waals surface area contributed by atoms with Crippen LogP contribution in [0.1, 0.15) is 36.0 Å². The summed E-state index contributed by atoms with van der Waals surface area (Å²) in [6, 6.07) is 29.2. The first-order chi connectivity index (χ1) is 23.9. The third-order valence-electron chi connectivity index (χ3n) is 9.39. The second-order valence-electron chi connectivity index (χ2n) is 12.8. The third kappa shape index (κ3) is 8.42. The molecule has 4 aromatic carbocycles. The molecule has 49 heavy (non-hydrogen) atoms. The molecule has 252 valence electrons. The molecule has 0 saturated heterocycles. The van der Waals surface area contributed by atoms with Crippen LogP contribution >= 0.6 is 0 Å². The Morgan fingerprint density at radius 2 is 1.53 bits per heavy atom. The number of aliphatic hydroxyl groups is 1. The maximum absolute atomic E-state index is 13.8. The van der Waals surface area contributed by atoms with Gasteiger partial charge in [0.15, 0.2) is 0 Å². The quantitative estimate of drug-likeness (QED) is 0.190. The van der Waals surface area contributed by atoms with Gasteiger partial charge in [-0.3, -0.25) is 19.2 Å². The van der Waals surface area contributed by atoms with Gasteiger partial charge in [0.1, 0.15) is 12.6 Å². The predicted octanol–water partition coefficient (Wildman–Crippen LogP) is 4.97. The molecule has 2 heterocycles. The van der Waals surface area contributed by atoms with E-state index in [-0.39, 0.29) is 32.0 Å². The lowest BCUT2D eigenvalue weighted by Gasteiger charge is -2.36. The van der Waals surface area contributed by atoms with Gasteiger partial charge >= 0.3 is 5.97 Å². The monoisotopic (exact) mass is 659 g/mol. The Morgan fingerprint density at radius 3 is 2.31 bits per heavy atom. The third-order valence-corrected chi connectivity index (χ3v) is 9.39. The van der Waals surface area contributed by atoms with Crippen LogP contribution < -0.4 is 10.6 Å². The molecule has 0 saturated carbocycles. The van der Waals surface area contributed by atoms with E-state index in [0.717, 1.165) is 27.5 Å². The van der Waals surface area contributed by atoms with Crippen molar-refractivity contribution in [1.29, 1.82) is 0 Å². The molecule has 4 aromatic rings. The zero-order valence-electron chi connectivity index (χ0n) is 27.3. The number of esters is 1. The van der Waals surface area contributed by atoms with Gasteiger partial charge in [-0.05, 0) is 65.3 Å². The lowest BCUT2D eigenvalue weighted by Crippen LogP contribution is -2.51. The van der Waals surface area contributed by atoms with Crippen molar-refractivity contribution in [2.24, 2.45) is 11.8 Å². The summed E-state index contributed by atoms with van der Waals surface area (Å²) >= 11 is 0. The Bertz CT molecular complexity index is 1840. The number of rotatable bonds is 7. The minimum atomic E-state index is -1.20. The molecule has 9 nitrogen and oxygen atoms in total. The number of anilines is 1. The number of hydrogen-bond acceptors (Lipinski definition) is 6. The van der Waals surface area contributed by atoms with Gasteiger partial charge < -0.3 is 25.4 Å². The summed E-state index contributed by atoms with van der Waals surface area (Å²) < 4.78 is 5.71. The van der Waals surface area contributed by atoms with E-state index in [9.17, 15) is 24.3 Å². The van der Waals surface area contributed by atoms with E-state index in [1.165, 1.54) is 0 Å². The van der Waals surface area contributed by atoms with E-state index in [1.54, 1.807) is 11.0 Å². The van der Waals surface area contributed by atoms with E-state index < -0.39 is 41.7 Å². The molecule has 9 heteroatoms. The van der Waals surface area contributed by atoms with Crippen molar-refractivity contribution in [3.8, 4) is 0 Å². The molecular formula is C40H41N3O6. The number of aliphatic hydroxyl groups excluding tert-OH is 1. The number of cyclic esters (lactones) is 1. The van der Waals surface area contributed by atoms with E-state index in [4.69, 9.17) is 4.74 Å². The Hall–Kier alpha value is -5.28. The second kappa shape index (κ2) is 15.7. The smallest absolute Gasteiger partial charge is 0.309 e. The number of carbonyl (C=O) groups excluding carboxylic acids is 4. The number of fused-ring (bicyclic) bond motifs is 2. The van der Waals surface area contributed by atoms with Crippen LogP contribution in [-0.2, 0) is 43.3 Å². The van der Waals surface area contributed by atoms with Crippen LogP contribution in [0.2, 0.25) is 0 Å². The SMILES string of the molecule is O=C1N[C@H](C(=O)Nc2ccc3ccccc3c2)COC(=O)[C@H](Cc2ccccc2)CC=CC[C@@H]1CC(=O)N1Cc2ccccc2C[C@H]1CO. The predicted molar refractivity (Wildman–Crippen MR) is 187 cm³/mol. The van der Waals surface area contributed by atoms with Gasteiger partial charge in [-0.15, -0.1) is 0 Å². The first kappa shape index (κ1) is 33.6. The van der Waals surface area contributed by atoms with Crippen LogP contribution in [0.15, 0.2) is 109 Å². The molecule has 2 aliphatic heterocycles. The largest absolute Gasteiger partial charge is 0.463 e. The van der Waals surface area contributed by atoms with Crippen LogP contribution in [0.25, 0.3) is 10.8 Å². The number of carbonyl (C=O) groups is 4. The summed E-state index contributed by atoms with van der Waals surface area (Å²) in [4.78, 5) is 56.3. The molecule has 6 rings (SSSR count). The van der Waals surface area contributed by atoms with Crippen molar-refractivity contribution in [3.05, 3.63) is 126 Å². The van der Waals surface area contributed by atoms with Gasteiger partial charge in [0, 0.05) is 18.7 Å². The number of allylic oxidation sites excluding steroid dienone is 2. The number of amides is 3. The summed E-state index contributed by atoms with van der Waals surface area (Å²) in [5.41, 5.74) is 3.62. The first-order valence-electron chi connectivity index (χ1n) is 16.8. The number of ether oxygens (including phenoxy) is 1. The minimum Gasteiger partial charge on any atom is -0.463 e. The Kier molecular flexibility index (Phi) is 10.8. The highest BCUT2D eigenvalue weighted by Gasteiger charge is 2.34. The van der Waals surface area contributed by atoms with Crippen molar-refractivity contribution in [2.75, 3.05) is 18.5 Å². The molecule has 3 amide bonds. The van der Waals surface area contributed by atoms with Crippen LogP contribution in [0, 0.1) is 11.8 Å². The Balaban J connectivity index is 1.23. The average molecular weight is 660 g/mol. The van der Waals surface area contributed by atoms with Crippen molar-refractivity contribution in [3.63, 3.8) is 0 Å². The molecule has 0 aliphatic carbocycles. The molecule has 0 unspecified atom stereocenters. The van der Waals surface area contributed by atoms with Crippen LogP contribution in [-0.4, -0.2) is 59.0 Å². The summed E-state index contributed by atoms with van der Waals surface area (Å²) in [5, 5.41) is 17.8. The zero-order valence-corrected chi connectivity index (χ0v) is 27.3. The number of benzene rings is 4. The van der Waals surface area contributed by atoms with Crippen molar-refractivity contribution >= 4 is 40.2 Å². The Morgan fingerprint density at radius 1 is 0.837 bits per heavy atom. The number of nitrogens with one attached hydrogen (secondary N) is 2. The van der Waals surface area contributed by atoms with Crippen LogP contribution in [0.3, 0.4) is 0 Å². The number of nitrogens with zero attached hydrogens (tertiary/aromatic N) is 1. The lowest BCUT2D eigenvalue weighted by atomic mass is 9.92. The van der Waals surface area contributed by atoms with E-state index >= 15 is 0 Å². The van der Waals surface area contributed by atoms with Crippen LogP contribution in [0.5, 0.6) is 0 Å². The molecule has 0 radical (unpaired) electrons. The summed E-state index contributed by atoms with van der Waals surface area (Å²) in [6.07, 6.45) is 5.16. The fourth-order valence-electron chi connectivity index (χ4n) is 6.59. The minimum absolute atomic E-state index is 0.110. The van der Waals surface area contributed by atoms with Gasteiger partial charge in [0.2, 0.25) is 11.8 Å². The fourth-order valence-corrected chi connectivity index (χ4v) is 6.59. The molecule has 0 fully saturated rings. The Labute approximate surface area is 286 Å². The molecular weight excluding hydrogens is 618 g/mol. The van der Waals surface area contributed by atoms with Gasteiger partial charge in [-0.25, -0.2) is 0 Å². The number of hydrogen-bond donors (Lipinski definition) is 3. The van der Waals surface area contributed by atoms with Crippen molar-refractivity contribution in [1.82, 2.24) is 10.2 Å². The standard InChI is InChI=1S/C40H41N3O6/c44-25-35-22-30-14-6-9-17-33(30)24-43(35)37(45)23-31-15-7-8-16-32(20-27-10-2-1-3-11-27)40(48)49-26-36(42-38(31)46)39(47)41-34-19-18-28-12-4-5-13-29(28)21-34/h1-14,17-19,21,31-32,35-36,44H,15-16,20,22-26H2,(H,41,47)(H,42,46)/t31-,32+,35+,36+/m1/s1. The maximum Gasteiger partial charge on any atom is 0.309 e. The highest BCUT2D eigenvalue weighted by atomic mass is 16.5. The van der Waals surface area contributed by atoms with Gasteiger partial charge in [0.05, 0.1) is 24.5 Å². The zero-order chi connectivity index (χ0) is 34.2. The van der Waals surface area contributed by atoms with Gasteiger partial charge in [0.25, 0.3) is 5.91 Å². The molecule has 0 spiro atoms. The van der Waals surface area contributed by atoms with E-state index in [2.05, 4.69) is 10.6 Å². The molecule has 0 aromatic heterocycles. The normalized spacial score (nSPS) is 21.4. The topological polar surface area (TPSA) is 125 Å². The molecule has 3 N–H and O–H groups in total. The highest BCUT2D eigenvalue weighted by Crippen LogP contribution is 2.26. The molecule has 2 aliphatic rings. The van der Waals surface area contributed by atoms with Crippen molar-refractivity contribution < 1.29 is 29.0 Å². The molecule has 4 atom stereocenters. The van der Waals surface area contributed by atoms with E-state index in [0.29, 0.717) is 31.5 Å². The summed E-state index contributed by atoms with van der Waals surface area (Å²) in [5.74, 6) is -3.04. The highest BCUT2D eigenvalue weighted by molar-refractivity contribution is 6.00. The average Bonchev–Trinajstić information content (AvgIpc) is 3.12. The fraction of sp³-hybridized carbons (Fsp3) is 0.300. The van der Waals surface area contributed by atoms with Gasteiger partial charge in [-0.2, -0.15) is 0 Å². The summed E-state index contributed by atoms with van der Waals surface area (Å²) in [7, 11) is 0. The molecule has 0 bridgehead atoms. The first-order valence-corrected chi connectivity index (χ1v) is 16.8. The summed E-state index contributed by atoms with van der Waals surface area (Å²) in [6.45, 7) is -0.213.